The molecule has 2 rings (SSSR count). The van der Waals surface area contributed by atoms with Gasteiger partial charge >= 0.3 is 5.69 Å². The van der Waals surface area contributed by atoms with Gasteiger partial charge < -0.3 is 10.1 Å². The lowest BCUT2D eigenvalue weighted by atomic mass is 10.2. The Hall–Kier alpha value is -2.20. The molecule has 7 heteroatoms. The molecule has 16 heavy (non-hydrogen) atoms. The molecule has 0 atom stereocenters. The molecule has 1 aliphatic rings. The second-order valence-corrected chi connectivity index (χ2v) is 3.32. The van der Waals surface area contributed by atoms with Crippen LogP contribution in [0.4, 0.5) is 5.69 Å². The Labute approximate surface area is 90.8 Å². The Morgan fingerprint density at radius 1 is 1.69 bits per heavy atom. The Morgan fingerprint density at radius 2 is 2.44 bits per heavy atom. The van der Waals surface area contributed by atoms with Gasteiger partial charge in [-0.3, -0.25) is 10.1 Å². The molecule has 1 aromatic rings. The Kier molecular flexibility index (Phi) is 2.66. The van der Waals surface area contributed by atoms with E-state index in [2.05, 4.69) is 10.3 Å². The van der Waals surface area contributed by atoms with Gasteiger partial charge in [0.05, 0.1) is 10.5 Å². The van der Waals surface area contributed by atoms with Crippen molar-refractivity contribution in [3.63, 3.8) is 0 Å². The summed E-state index contributed by atoms with van der Waals surface area (Å²) < 4.78 is 5.32. The number of ether oxygens (including phenoxy) is 1. The van der Waals surface area contributed by atoms with Crippen LogP contribution in [-0.2, 0) is 0 Å². The molecule has 0 aromatic carbocycles. The van der Waals surface area contributed by atoms with Crippen LogP contribution in [0, 0.1) is 21.4 Å². The van der Waals surface area contributed by atoms with E-state index in [-0.39, 0.29) is 23.2 Å². The van der Waals surface area contributed by atoms with Gasteiger partial charge in [-0.25, -0.2) is 4.98 Å². The molecule has 0 bridgehead atoms. The van der Waals surface area contributed by atoms with E-state index in [1.54, 1.807) is 6.07 Å². The summed E-state index contributed by atoms with van der Waals surface area (Å²) in [6, 6.07) is 2.96. The predicted octanol–water partition coefficient (Wildman–Crippen LogP) is 0.212. The average Bonchev–Trinajstić information content (AvgIpc) is 2.23. The van der Waals surface area contributed by atoms with E-state index in [1.807, 2.05) is 0 Å². The van der Waals surface area contributed by atoms with Crippen LogP contribution < -0.4 is 10.1 Å². The number of nitro groups is 1. The minimum absolute atomic E-state index is 0.0319. The maximum Gasteiger partial charge on any atom is 0.332 e. The Morgan fingerprint density at radius 3 is 2.94 bits per heavy atom. The van der Waals surface area contributed by atoms with Crippen LogP contribution >= 0.6 is 0 Å². The first-order chi connectivity index (χ1) is 7.70. The van der Waals surface area contributed by atoms with Gasteiger partial charge in [-0.05, 0) is 0 Å². The Balaban J connectivity index is 2.28. The summed E-state index contributed by atoms with van der Waals surface area (Å²) in [6.07, 6.45) is 1.17. The fraction of sp³-hybridized carbons (Fsp3) is 0.333. The van der Waals surface area contributed by atoms with Crippen molar-refractivity contribution in [1.82, 2.24) is 10.3 Å². The zero-order valence-corrected chi connectivity index (χ0v) is 8.21. The van der Waals surface area contributed by atoms with Crippen molar-refractivity contribution in [2.75, 3.05) is 13.1 Å². The van der Waals surface area contributed by atoms with E-state index >= 15 is 0 Å². The molecule has 1 aliphatic heterocycles. The van der Waals surface area contributed by atoms with Crippen molar-refractivity contribution in [2.24, 2.45) is 0 Å². The van der Waals surface area contributed by atoms with Gasteiger partial charge in [0.1, 0.15) is 12.2 Å². The first-order valence-corrected chi connectivity index (χ1v) is 4.62. The molecule has 0 saturated carbocycles. The molecule has 1 saturated heterocycles. The second kappa shape index (κ2) is 4.12. The van der Waals surface area contributed by atoms with E-state index in [9.17, 15) is 10.1 Å². The number of hydrogen-bond donors (Lipinski definition) is 1. The van der Waals surface area contributed by atoms with Crippen LogP contribution in [0.5, 0.6) is 5.88 Å². The van der Waals surface area contributed by atoms with E-state index in [0.717, 1.165) is 6.07 Å². The summed E-state index contributed by atoms with van der Waals surface area (Å²) in [6.45, 7) is 1.30. The van der Waals surface area contributed by atoms with Crippen LogP contribution in [0.3, 0.4) is 0 Å². The molecule has 0 aliphatic carbocycles. The van der Waals surface area contributed by atoms with E-state index < -0.39 is 4.92 Å². The van der Waals surface area contributed by atoms with Crippen molar-refractivity contribution >= 4 is 5.69 Å². The topological polar surface area (TPSA) is 101 Å². The number of nitrogens with one attached hydrogen (secondary N) is 1. The largest absolute Gasteiger partial charge is 0.467 e. The molecule has 0 radical (unpaired) electrons. The maximum absolute atomic E-state index is 10.7. The zero-order valence-electron chi connectivity index (χ0n) is 8.21. The van der Waals surface area contributed by atoms with Gasteiger partial charge in [0.15, 0.2) is 0 Å². The van der Waals surface area contributed by atoms with Gasteiger partial charge in [-0.15, -0.1) is 0 Å². The van der Waals surface area contributed by atoms with Gasteiger partial charge in [0.25, 0.3) is 5.88 Å². The van der Waals surface area contributed by atoms with E-state index in [0.29, 0.717) is 13.1 Å². The van der Waals surface area contributed by atoms with Crippen LogP contribution in [-0.4, -0.2) is 29.1 Å². The lowest BCUT2D eigenvalue weighted by Crippen LogP contribution is -2.50. The highest BCUT2D eigenvalue weighted by atomic mass is 16.6. The first kappa shape index (κ1) is 10.3. The highest BCUT2D eigenvalue weighted by Gasteiger charge is 2.25. The lowest BCUT2D eigenvalue weighted by Gasteiger charge is -2.26. The van der Waals surface area contributed by atoms with Crippen molar-refractivity contribution in [1.29, 1.82) is 5.26 Å². The summed E-state index contributed by atoms with van der Waals surface area (Å²) in [5.74, 6) is -0.0319. The maximum atomic E-state index is 10.7. The monoisotopic (exact) mass is 220 g/mol. The van der Waals surface area contributed by atoms with Crippen molar-refractivity contribution in [2.45, 2.75) is 6.10 Å². The molecule has 1 aromatic heterocycles. The predicted molar refractivity (Wildman–Crippen MR) is 52.9 cm³/mol. The summed E-state index contributed by atoms with van der Waals surface area (Å²) in [5.41, 5.74) is -0.128. The standard InChI is InChI=1S/C9H8N4O3/c10-2-6-1-8(13(14)15)9(12-3-6)16-7-4-11-5-7/h1,3,7,11H,4-5H2. The second-order valence-electron chi connectivity index (χ2n) is 3.32. The van der Waals surface area contributed by atoms with Gasteiger partial charge in [0, 0.05) is 25.4 Å². The quantitative estimate of drug-likeness (QED) is 0.577. The van der Waals surface area contributed by atoms with Crippen LogP contribution in [0.25, 0.3) is 0 Å². The number of hydrogen-bond acceptors (Lipinski definition) is 6. The minimum atomic E-state index is -0.602. The SMILES string of the molecule is N#Cc1cnc(OC2CNC2)c([N+](=O)[O-])c1. The molecule has 0 amide bonds. The van der Waals surface area contributed by atoms with Crippen LogP contribution in [0.1, 0.15) is 5.56 Å². The number of nitrogens with zero attached hydrogens (tertiary/aromatic N) is 3. The molecular formula is C9H8N4O3. The van der Waals surface area contributed by atoms with Gasteiger partial charge in [-0.2, -0.15) is 5.26 Å². The van der Waals surface area contributed by atoms with Gasteiger partial charge in [-0.1, -0.05) is 0 Å². The third-order valence-electron chi connectivity index (χ3n) is 2.18. The van der Waals surface area contributed by atoms with E-state index in [4.69, 9.17) is 10.00 Å². The highest BCUT2D eigenvalue weighted by Crippen LogP contribution is 2.26. The first-order valence-electron chi connectivity index (χ1n) is 4.62. The van der Waals surface area contributed by atoms with E-state index in [1.165, 1.54) is 6.20 Å². The minimum Gasteiger partial charge on any atom is -0.467 e. The summed E-state index contributed by atoms with van der Waals surface area (Å²) >= 11 is 0. The molecular weight excluding hydrogens is 212 g/mol. The molecule has 82 valence electrons. The molecule has 1 fully saturated rings. The van der Waals surface area contributed by atoms with Crippen molar-refractivity contribution < 1.29 is 9.66 Å². The smallest absolute Gasteiger partial charge is 0.332 e. The number of aromatic nitrogens is 1. The lowest BCUT2D eigenvalue weighted by molar-refractivity contribution is -0.386. The number of rotatable bonds is 3. The number of pyridine rings is 1. The zero-order chi connectivity index (χ0) is 11.5. The van der Waals surface area contributed by atoms with Gasteiger partial charge in [0.2, 0.25) is 0 Å². The van der Waals surface area contributed by atoms with Crippen molar-refractivity contribution in [3.05, 3.63) is 27.9 Å². The number of nitriles is 1. The molecule has 0 spiro atoms. The molecule has 7 nitrogen and oxygen atoms in total. The average molecular weight is 220 g/mol. The van der Waals surface area contributed by atoms with Crippen molar-refractivity contribution in [3.8, 4) is 11.9 Å². The summed E-state index contributed by atoms with van der Waals surface area (Å²) in [7, 11) is 0. The third-order valence-corrected chi connectivity index (χ3v) is 2.18. The van der Waals surface area contributed by atoms with Crippen LogP contribution in [0.2, 0.25) is 0 Å². The molecule has 2 heterocycles. The Bertz CT molecular complexity index is 464. The highest BCUT2D eigenvalue weighted by molar-refractivity contribution is 5.46. The normalized spacial score (nSPS) is 14.9. The fourth-order valence-electron chi connectivity index (χ4n) is 1.23. The third kappa shape index (κ3) is 1.92. The summed E-state index contributed by atoms with van der Waals surface area (Å²) in [4.78, 5) is 13.9. The molecule has 1 N–H and O–H groups in total. The molecule has 0 unspecified atom stereocenters. The fourth-order valence-corrected chi connectivity index (χ4v) is 1.23. The summed E-state index contributed by atoms with van der Waals surface area (Å²) in [5, 5.41) is 22.3. The van der Waals surface area contributed by atoms with Crippen LogP contribution in [0.15, 0.2) is 12.3 Å².